The maximum atomic E-state index is 10.4. The highest BCUT2D eigenvalue weighted by Gasteiger charge is 2.13. The molecule has 0 saturated heterocycles. The van der Waals surface area contributed by atoms with Crippen molar-refractivity contribution in [1.82, 2.24) is 19.6 Å². The van der Waals surface area contributed by atoms with Crippen LogP contribution in [0.4, 0.5) is 0 Å². The van der Waals surface area contributed by atoms with Crippen molar-refractivity contribution in [2.24, 2.45) is 11.5 Å². The molecule has 2 atom stereocenters. The maximum Gasteiger partial charge on any atom is 0.320 e. The quantitative estimate of drug-likeness (QED) is 0.329. The Labute approximate surface area is 137 Å². The van der Waals surface area contributed by atoms with Gasteiger partial charge in [-0.15, -0.1) is 0 Å². The molecule has 0 spiro atoms. The fourth-order valence-electron chi connectivity index (χ4n) is 1.70. The smallest absolute Gasteiger partial charge is 0.320 e. The molecule has 0 aliphatic carbocycles. The van der Waals surface area contributed by atoms with E-state index in [9.17, 15) is 9.59 Å². The summed E-state index contributed by atoms with van der Waals surface area (Å²) in [6.45, 7) is 1.80. The van der Waals surface area contributed by atoms with E-state index >= 15 is 0 Å². The van der Waals surface area contributed by atoms with Crippen LogP contribution in [0.15, 0.2) is 18.7 Å². The van der Waals surface area contributed by atoms with Crippen LogP contribution < -0.4 is 17.3 Å². The second kappa shape index (κ2) is 8.64. The number of hydrogen-bond acceptors (Lipinski definition) is 7. The van der Waals surface area contributed by atoms with Crippen molar-refractivity contribution in [2.75, 3.05) is 5.84 Å². The van der Waals surface area contributed by atoms with Crippen LogP contribution in [-0.4, -0.2) is 53.9 Å². The van der Waals surface area contributed by atoms with E-state index in [4.69, 9.17) is 27.5 Å². The van der Waals surface area contributed by atoms with Gasteiger partial charge in [0.1, 0.15) is 24.2 Å². The molecule has 0 amide bonds. The molecule has 11 nitrogen and oxygen atoms in total. The molecule has 0 saturated carbocycles. The fraction of sp³-hybridized carbons (Fsp3) is 0.385. The number of nitrogen functional groups attached to an aromatic ring is 1. The lowest BCUT2D eigenvalue weighted by Crippen LogP contribution is -2.32. The fourth-order valence-corrected chi connectivity index (χ4v) is 1.70. The Hall–Kier alpha value is -2.92. The highest BCUT2D eigenvalue weighted by atomic mass is 16.4. The van der Waals surface area contributed by atoms with Gasteiger partial charge in [0.2, 0.25) is 0 Å². The number of carbonyl (C=O) groups is 2. The van der Waals surface area contributed by atoms with Gasteiger partial charge in [-0.3, -0.25) is 14.3 Å². The van der Waals surface area contributed by atoms with Crippen molar-refractivity contribution < 1.29 is 19.8 Å². The zero-order valence-corrected chi connectivity index (χ0v) is 13.1. The molecule has 2 aromatic rings. The van der Waals surface area contributed by atoms with Crippen molar-refractivity contribution in [3.05, 3.63) is 35.9 Å². The van der Waals surface area contributed by atoms with E-state index < -0.39 is 24.0 Å². The number of H-pyrrole nitrogens is 1. The molecule has 9 N–H and O–H groups in total. The van der Waals surface area contributed by atoms with Gasteiger partial charge >= 0.3 is 11.9 Å². The van der Waals surface area contributed by atoms with Crippen LogP contribution in [0.5, 0.6) is 0 Å². The van der Waals surface area contributed by atoms with Crippen LogP contribution in [0, 0.1) is 6.92 Å². The van der Waals surface area contributed by atoms with Crippen molar-refractivity contribution in [2.45, 2.75) is 31.8 Å². The minimum absolute atomic E-state index is 0.194. The predicted molar refractivity (Wildman–Crippen MR) is 84.3 cm³/mol. The summed E-state index contributed by atoms with van der Waals surface area (Å²) in [5.74, 6) is 4.02. The second-order valence-corrected chi connectivity index (χ2v) is 5.10. The number of hydrogen-bond donors (Lipinski definition) is 6. The Bertz CT molecular complexity index is 623. The summed E-state index contributed by atoms with van der Waals surface area (Å²) < 4.78 is 1.25. The molecule has 0 radical (unpaired) electrons. The number of nitrogens with zero attached hydrogens (tertiary/aromatic N) is 3. The second-order valence-electron chi connectivity index (χ2n) is 5.10. The largest absolute Gasteiger partial charge is 0.480 e. The molecular weight excluding hydrogens is 318 g/mol. The van der Waals surface area contributed by atoms with Crippen molar-refractivity contribution >= 4 is 11.9 Å². The van der Waals surface area contributed by atoms with Crippen LogP contribution in [0.2, 0.25) is 0 Å². The van der Waals surface area contributed by atoms with E-state index in [1.165, 1.54) is 17.2 Å². The molecule has 0 unspecified atom stereocenters. The SMILES string of the molecule is Cc1ncc(C[C@H](N)C(=O)O)[nH]1.N[C@@H](Cc1cn(N)cn1)C(=O)O. The van der Waals surface area contributed by atoms with Crippen LogP contribution in [-0.2, 0) is 22.4 Å². The molecule has 11 heteroatoms. The zero-order valence-electron chi connectivity index (χ0n) is 13.1. The average Bonchev–Trinajstić information content (AvgIpc) is 3.08. The number of imidazole rings is 2. The third-order valence-electron chi connectivity index (χ3n) is 2.91. The summed E-state index contributed by atoms with van der Waals surface area (Å²) >= 11 is 0. The number of aryl methyl sites for hydroxylation is 1. The monoisotopic (exact) mass is 339 g/mol. The Morgan fingerprint density at radius 1 is 1.21 bits per heavy atom. The maximum absolute atomic E-state index is 10.4. The summed E-state index contributed by atoms with van der Waals surface area (Å²) in [4.78, 5) is 31.3. The van der Waals surface area contributed by atoms with E-state index in [0.717, 1.165) is 11.5 Å². The van der Waals surface area contributed by atoms with Crippen LogP contribution in [0.3, 0.4) is 0 Å². The number of aromatic amines is 1. The summed E-state index contributed by atoms with van der Waals surface area (Å²) in [6, 6.07) is -1.77. The van der Waals surface area contributed by atoms with Gasteiger partial charge < -0.3 is 32.5 Å². The van der Waals surface area contributed by atoms with E-state index in [-0.39, 0.29) is 12.8 Å². The molecule has 24 heavy (non-hydrogen) atoms. The summed E-state index contributed by atoms with van der Waals surface area (Å²) in [5.41, 5.74) is 11.9. The molecular formula is C13H21N7O4. The Balaban J connectivity index is 0.000000240. The highest BCUT2D eigenvalue weighted by Crippen LogP contribution is 1.99. The summed E-state index contributed by atoms with van der Waals surface area (Å²) in [7, 11) is 0. The lowest BCUT2D eigenvalue weighted by molar-refractivity contribution is -0.139. The lowest BCUT2D eigenvalue weighted by Gasteiger charge is -2.02. The standard InChI is InChI=1S/C7H11N3O2.C6H10N4O2/c1-4-9-3-5(10-4)2-6(8)7(11)12;7-5(6(11)12)1-4-2-10(8)3-9-4/h3,6H,2,8H2,1H3,(H,9,10)(H,11,12);2-3,5H,1,7-8H2,(H,11,12)/t6-;5-/m00/s1. The molecule has 0 aliphatic heterocycles. The number of carboxylic acids is 2. The van der Waals surface area contributed by atoms with Gasteiger partial charge in [0.15, 0.2) is 0 Å². The summed E-state index contributed by atoms with van der Waals surface area (Å²) in [5, 5.41) is 17.0. The topological polar surface area (TPSA) is 199 Å². The van der Waals surface area contributed by atoms with Crippen LogP contribution in [0.1, 0.15) is 17.2 Å². The van der Waals surface area contributed by atoms with E-state index in [0.29, 0.717) is 5.69 Å². The van der Waals surface area contributed by atoms with Crippen molar-refractivity contribution in [3.63, 3.8) is 0 Å². The first-order valence-electron chi connectivity index (χ1n) is 6.94. The van der Waals surface area contributed by atoms with Crippen LogP contribution in [0.25, 0.3) is 0 Å². The van der Waals surface area contributed by atoms with E-state index in [1.54, 1.807) is 13.1 Å². The van der Waals surface area contributed by atoms with Gasteiger partial charge in [0.05, 0.1) is 5.69 Å². The normalized spacial score (nSPS) is 12.8. The van der Waals surface area contributed by atoms with Gasteiger partial charge in [-0.2, -0.15) is 0 Å². The van der Waals surface area contributed by atoms with Crippen molar-refractivity contribution in [1.29, 1.82) is 0 Å². The molecule has 2 aromatic heterocycles. The number of nitrogens with one attached hydrogen (secondary N) is 1. The molecule has 2 heterocycles. The molecule has 0 bridgehead atoms. The minimum Gasteiger partial charge on any atom is -0.480 e. The Kier molecular flexibility index (Phi) is 6.89. The molecule has 132 valence electrons. The first kappa shape index (κ1) is 19.1. The van der Waals surface area contributed by atoms with E-state index in [2.05, 4.69) is 15.0 Å². The summed E-state index contributed by atoms with van der Waals surface area (Å²) in [6.07, 6.45) is 5.00. The third kappa shape index (κ3) is 6.46. The van der Waals surface area contributed by atoms with E-state index in [1.807, 2.05) is 0 Å². The molecule has 0 fully saturated rings. The van der Waals surface area contributed by atoms with Gasteiger partial charge in [-0.05, 0) is 6.92 Å². The van der Waals surface area contributed by atoms with Gasteiger partial charge in [-0.1, -0.05) is 0 Å². The van der Waals surface area contributed by atoms with Gasteiger partial charge in [-0.25, -0.2) is 9.97 Å². The average molecular weight is 339 g/mol. The minimum atomic E-state index is -1.04. The Morgan fingerprint density at radius 2 is 1.79 bits per heavy atom. The first-order chi connectivity index (χ1) is 11.2. The molecule has 2 rings (SSSR count). The Morgan fingerprint density at radius 3 is 2.21 bits per heavy atom. The predicted octanol–water partition coefficient (Wildman–Crippen LogP) is -1.78. The number of carboxylic acid groups (broad SMARTS) is 2. The number of aromatic nitrogens is 4. The zero-order chi connectivity index (χ0) is 18.3. The lowest BCUT2D eigenvalue weighted by atomic mass is 10.2. The van der Waals surface area contributed by atoms with Gasteiger partial charge in [0, 0.05) is 30.9 Å². The number of nitrogens with two attached hydrogens (primary N) is 3. The van der Waals surface area contributed by atoms with Crippen molar-refractivity contribution in [3.8, 4) is 0 Å². The highest BCUT2D eigenvalue weighted by molar-refractivity contribution is 5.73. The van der Waals surface area contributed by atoms with Crippen LogP contribution >= 0.6 is 0 Å². The molecule has 0 aliphatic rings. The number of rotatable bonds is 6. The third-order valence-corrected chi connectivity index (χ3v) is 2.91. The van der Waals surface area contributed by atoms with Gasteiger partial charge in [0.25, 0.3) is 0 Å². The first-order valence-corrected chi connectivity index (χ1v) is 6.94. The molecule has 0 aromatic carbocycles. The number of aliphatic carboxylic acids is 2.